The van der Waals surface area contributed by atoms with Gasteiger partial charge >= 0.3 is 0 Å². The summed E-state index contributed by atoms with van der Waals surface area (Å²) in [5, 5.41) is 16.1. The molecule has 0 aliphatic carbocycles. The number of aliphatic hydroxyl groups is 1. The van der Waals surface area contributed by atoms with Gasteiger partial charge in [-0.15, -0.1) is 0 Å². The van der Waals surface area contributed by atoms with Crippen LogP contribution in [0.2, 0.25) is 10.0 Å². The van der Waals surface area contributed by atoms with Crippen molar-refractivity contribution in [3.63, 3.8) is 0 Å². The van der Waals surface area contributed by atoms with Crippen molar-refractivity contribution in [3.05, 3.63) is 106 Å². The maximum Gasteiger partial charge on any atom is 0.253 e. The fourth-order valence-corrected chi connectivity index (χ4v) is 6.20. The van der Waals surface area contributed by atoms with Gasteiger partial charge in [0.25, 0.3) is 5.91 Å². The summed E-state index contributed by atoms with van der Waals surface area (Å²) in [5.74, 6) is 0.0489. The van der Waals surface area contributed by atoms with Gasteiger partial charge in [0.15, 0.2) is 0 Å². The number of carbonyl (C=O) groups excluding carboxylic acids is 1. The molecule has 2 aliphatic heterocycles. The highest BCUT2D eigenvalue weighted by atomic mass is 35.5. The molecular weight excluding hydrogens is 517 g/mol. The molecule has 5 nitrogen and oxygen atoms in total. The summed E-state index contributed by atoms with van der Waals surface area (Å²) >= 11 is 12.7. The van der Waals surface area contributed by atoms with E-state index in [-0.39, 0.29) is 5.91 Å². The SMILES string of the molecule is O=C(c1ccccc1)N1CCCC(NCCN2CCC(O)(c3ccccc3)CC2)(c2ccc(Cl)c(Cl)c2)C1. The second-order valence-electron chi connectivity index (χ2n) is 10.6. The first-order chi connectivity index (χ1) is 18.4. The molecule has 1 unspecified atom stereocenters. The van der Waals surface area contributed by atoms with Crippen LogP contribution in [0, 0.1) is 0 Å². The van der Waals surface area contributed by atoms with Crippen molar-refractivity contribution >= 4 is 29.1 Å². The first-order valence-corrected chi connectivity index (χ1v) is 14.2. The molecule has 0 saturated carbocycles. The minimum atomic E-state index is -0.756. The number of carbonyl (C=O) groups is 1. The Morgan fingerprint density at radius 2 is 1.53 bits per heavy atom. The van der Waals surface area contributed by atoms with Crippen LogP contribution in [0.1, 0.15) is 47.2 Å². The third-order valence-electron chi connectivity index (χ3n) is 8.16. The van der Waals surface area contributed by atoms with Crippen LogP contribution in [0.4, 0.5) is 0 Å². The molecule has 7 heteroatoms. The first kappa shape index (κ1) is 27.2. The molecule has 3 aromatic carbocycles. The molecule has 0 spiro atoms. The summed E-state index contributed by atoms with van der Waals surface area (Å²) < 4.78 is 0. The van der Waals surface area contributed by atoms with Crippen LogP contribution < -0.4 is 5.32 Å². The van der Waals surface area contributed by atoms with Gasteiger partial charge in [-0.2, -0.15) is 0 Å². The summed E-state index contributed by atoms with van der Waals surface area (Å²) in [6, 6.07) is 25.3. The van der Waals surface area contributed by atoms with E-state index in [0.717, 1.165) is 56.7 Å². The zero-order valence-electron chi connectivity index (χ0n) is 21.6. The van der Waals surface area contributed by atoms with Crippen LogP contribution in [-0.4, -0.2) is 60.1 Å². The number of benzene rings is 3. The van der Waals surface area contributed by atoms with E-state index in [1.165, 1.54) is 0 Å². The number of hydrogen-bond acceptors (Lipinski definition) is 4. The number of rotatable bonds is 7. The molecule has 3 aromatic rings. The second kappa shape index (κ2) is 11.8. The minimum absolute atomic E-state index is 0.0489. The number of likely N-dealkylation sites (tertiary alicyclic amines) is 2. The highest BCUT2D eigenvalue weighted by molar-refractivity contribution is 6.42. The van der Waals surface area contributed by atoms with E-state index >= 15 is 0 Å². The lowest BCUT2D eigenvalue weighted by Crippen LogP contribution is -2.57. The summed E-state index contributed by atoms with van der Waals surface area (Å²) in [6.45, 7) is 4.59. The van der Waals surface area contributed by atoms with E-state index in [0.29, 0.717) is 35.0 Å². The molecule has 1 amide bonds. The Morgan fingerprint density at radius 3 is 2.21 bits per heavy atom. The molecule has 2 fully saturated rings. The quantitative estimate of drug-likeness (QED) is 0.395. The van der Waals surface area contributed by atoms with E-state index in [1.807, 2.05) is 83.8 Å². The Kier molecular flexibility index (Phi) is 8.41. The van der Waals surface area contributed by atoms with Crippen molar-refractivity contribution in [3.8, 4) is 0 Å². The Hall–Kier alpha value is -2.41. The molecule has 2 saturated heterocycles. The normalized spacial score (nSPS) is 21.8. The van der Waals surface area contributed by atoms with Crippen LogP contribution in [-0.2, 0) is 11.1 Å². The molecule has 38 heavy (non-hydrogen) atoms. The van der Waals surface area contributed by atoms with Gasteiger partial charge in [-0.3, -0.25) is 4.79 Å². The zero-order valence-corrected chi connectivity index (χ0v) is 23.1. The molecule has 5 rings (SSSR count). The molecule has 2 N–H and O–H groups in total. The highest BCUT2D eigenvalue weighted by Crippen LogP contribution is 2.36. The third-order valence-corrected chi connectivity index (χ3v) is 8.90. The number of piperidine rings is 2. The van der Waals surface area contributed by atoms with Gasteiger partial charge < -0.3 is 20.2 Å². The van der Waals surface area contributed by atoms with Crippen LogP contribution >= 0.6 is 23.2 Å². The van der Waals surface area contributed by atoms with Gasteiger partial charge in [0.1, 0.15) is 0 Å². The summed E-state index contributed by atoms with van der Waals surface area (Å²) in [4.78, 5) is 17.7. The zero-order chi connectivity index (χ0) is 26.6. The number of nitrogens with zero attached hydrogens (tertiary/aromatic N) is 2. The van der Waals surface area contributed by atoms with E-state index < -0.39 is 11.1 Å². The topological polar surface area (TPSA) is 55.8 Å². The summed E-state index contributed by atoms with van der Waals surface area (Å²) in [5.41, 5.74) is 1.58. The molecule has 2 heterocycles. The lowest BCUT2D eigenvalue weighted by Gasteiger charge is -2.45. The maximum absolute atomic E-state index is 13.4. The van der Waals surface area contributed by atoms with Gasteiger partial charge in [0.2, 0.25) is 0 Å². The predicted molar refractivity (Wildman–Crippen MR) is 154 cm³/mol. The van der Waals surface area contributed by atoms with Gasteiger partial charge in [-0.05, 0) is 61.1 Å². The van der Waals surface area contributed by atoms with Crippen molar-refractivity contribution in [2.24, 2.45) is 0 Å². The Balaban J connectivity index is 1.28. The van der Waals surface area contributed by atoms with E-state index in [2.05, 4.69) is 10.2 Å². The average Bonchev–Trinajstić information content (AvgIpc) is 2.96. The van der Waals surface area contributed by atoms with Crippen LogP contribution in [0.5, 0.6) is 0 Å². The van der Waals surface area contributed by atoms with E-state index in [1.54, 1.807) is 0 Å². The molecule has 200 valence electrons. The minimum Gasteiger partial charge on any atom is -0.385 e. The number of nitrogens with one attached hydrogen (secondary N) is 1. The fourth-order valence-electron chi connectivity index (χ4n) is 5.90. The lowest BCUT2D eigenvalue weighted by atomic mass is 9.81. The molecule has 1 atom stereocenters. The summed E-state index contributed by atoms with van der Waals surface area (Å²) in [6.07, 6.45) is 3.22. The van der Waals surface area contributed by atoms with Gasteiger partial charge in [-0.1, -0.05) is 77.8 Å². The number of halogens is 2. The lowest BCUT2D eigenvalue weighted by molar-refractivity contribution is -0.0261. The van der Waals surface area contributed by atoms with Gasteiger partial charge in [0.05, 0.1) is 21.2 Å². The Morgan fingerprint density at radius 1 is 0.842 bits per heavy atom. The maximum atomic E-state index is 13.4. The largest absolute Gasteiger partial charge is 0.385 e. The third kappa shape index (κ3) is 5.93. The monoisotopic (exact) mass is 551 g/mol. The molecule has 0 radical (unpaired) electrons. The number of hydrogen-bond donors (Lipinski definition) is 2. The Labute approximate surface area is 235 Å². The standard InChI is InChI=1S/C31H35Cl2N3O2/c32-27-13-12-26(22-28(27)33)30(14-7-18-36(23-30)29(37)24-8-3-1-4-9-24)34-17-21-35-19-15-31(38,16-20-35)25-10-5-2-6-11-25/h1-6,8-13,22,34,38H,7,14-21,23H2. The predicted octanol–water partition coefficient (Wildman–Crippen LogP) is 5.70. The second-order valence-corrected chi connectivity index (χ2v) is 11.4. The smallest absolute Gasteiger partial charge is 0.253 e. The number of amides is 1. The molecular formula is C31H35Cl2N3O2. The highest BCUT2D eigenvalue weighted by Gasteiger charge is 2.39. The van der Waals surface area contributed by atoms with Crippen LogP contribution in [0.15, 0.2) is 78.9 Å². The summed E-state index contributed by atoms with van der Waals surface area (Å²) in [7, 11) is 0. The molecule has 0 bridgehead atoms. The first-order valence-electron chi connectivity index (χ1n) is 13.4. The fraction of sp³-hybridized carbons (Fsp3) is 0.387. The van der Waals surface area contributed by atoms with Crippen LogP contribution in [0.25, 0.3) is 0 Å². The van der Waals surface area contributed by atoms with Crippen molar-refractivity contribution in [1.82, 2.24) is 15.1 Å². The van der Waals surface area contributed by atoms with E-state index in [9.17, 15) is 9.90 Å². The molecule has 2 aliphatic rings. The van der Waals surface area contributed by atoms with Crippen molar-refractivity contribution < 1.29 is 9.90 Å². The van der Waals surface area contributed by atoms with Crippen molar-refractivity contribution in [2.45, 2.75) is 36.8 Å². The van der Waals surface area contributed by atoms with Gasteiger partial charge in [0, 0.05) is 44.8 Å². The van der Waals surface area contributed by atoms with Crippen LogP contribution in [0.3, 0.4) is 0 Å². The van der Waals surface area contributed by atoms with Gasteiger partial charge in [-0.25, -0.2) is 0 Å². The molecule has 0 aromatic heterocycles. The van der Waals surface area contributed by atoms with Crippen molar-refractivity contribution in [2.75, 3.05) is 39.3 Å². The Bertz CT molecular complexity index is 1230. The van der Waals surface area contributed by atoms with Crippen molar-refractivity contribution in [1.29, 1.82) is 0 Å². The van der Waals surface area contributed by atoms with E-state index in [4.69, 9.17) is 23.2 Å². The average molecular weight is 553 g/mol.